The minimum atomic E-state index is -0.670. The number of para-hydroxylation sites is 1. The van der Waals surface area contributed by atoms with Crippen LogP contribution in [0.3, 0.4) is 0 Å². The number of amides is 1. The molecule has 0 spiro atoms. The summed E-state index contributed by atoms with van der Waals surface area (Å²) in [7, 11) is 0. The van der Waals surface area contributed by atoms with Crippen LogP contribution in [-0.2, 0) is 27.3 Å². The van der Waals surface area contributed by atoms with E-state index in [1.165, 1.54) is 0 Å². The summed E-state index contributed by atoms with van der Waals surface area (Å²) in [4.78, 5) is 54.9. The number of hydrogen-bond donors (Lipinski definition) is 2. The van der Waals surface area contributed by atoms with E-state index in [1.54, 1.807) is 36.6 Å². The average Bonchev–Trinajstić information content (AvgIpc) is 3.05. The van der Waals surface area contributed by atoms with Gasteiger partial charge in [0.05, 0.1) is 29.6 Å². The highest BCUT2D eigenvalue weighted by atomic mass is 32.1. The van der Waals surface area contributed by atoms with E-state index in [4.69, 9.17) is 4.74 Å². The quantitative estimate of drug-likeness (QED) is 0.605. The second-order valence-corrected chi connectivity index (χ2v) is 6.40. The monoisotopic (exact) mass is 388 g/mol. The lowest BCUT2D eigenvalue weighted by Gasteiger charge is -2.06. The first-order valence-corrected chi connectivity index (χ1v) is 8.97. The predicted octanol–water partition coefficient (Wildman–Crippen LogP) is 0.891. The van der Waals surface area contributed by atoms with Crippen LogP contribution >= 0.6 is 11.3 Å². The van der Waals surface area contributed by atoms with Crippen molar-refractivity contribution < 1.29 is 14.3 Å². The zero-order chi connectivity index (χ0) is 19.4. The lowest BCUT2D eigenvalue weighted by Crippen LogP contribution is -2.38. The van der Waals surface area contributed by atoms with Crippen LogP contribution in [0, 0.1) is 0 Å². The van der Waals surface area contributed by atoms with E-state index in [0.717, 1.165) is 15.9 Å². The molecule has 0 unspecified atom stereocenters. The highest BCUT2D eigenvalue weighted by Crippen LogP contribution is 2.16. The predicted molar refractivity (Wildman–Crippen MR) is 99.9 cm³/mol. The Bertz CT molecular complexity index is 1110. The van der Waals surface area contributed by atoms with Crippen molar-refractivity contribution in [1.29, 1.82) is 0 Å². The van der Waals surface area contributed by atoms with Crippen LogP contribution < -0.4 is 16.6 Å². The van der Waals surface area contributed by atoms with Gasteiger partial charge in [-0.05, 0) is 19.1 Å². The number of aromatic nitrogens is 3. The maximum Gasteiger partial charge on any atom is 0.329 e. The van der Waals surface area contributed by atoms with Gasteiger partial charge in [-0.25, -0.2) is 9.78 Å². The van der Waals surface area contributed by atoms with E-state index >= 15 is 0 Å². The molecule has 0 atom stereocenters. The minimum absolute atomic E-state index is 0.00398. The molecule has 0 saturated heterocycles. The zero-order valence-electron chi connectivity index (χ0n) is 14.4. The number of hydrogen-bond acceptors (Lipinski definition) is 7. The summed E-state index contributed by atoms with van der Waals surface area (Å²) in [6.07, 6.45) is 0.00398. The van der Waals surface area contributed by atoms with Gasteiger partial charge in [0.15, 0.2) is 5.13 Å². The van der Waals surface area contributed by atoms with Crippen LogP contribution in [-0.4, -0.2) is 33.0 Å². The molecule has 2 heterocycles. The van der Waals surface area contributed by atoms with Crippen molar-refractivity contribution in [2.24, 2.45) is 0 Å². The number of ether oxygens (including phenoxy) is 1. The van der Waals surface area contributed by atoms with E-state index in [0.29, 0.717) is 16.6 Å². The molecular formula is C17H16N4O5S. The smallest absolute Gasteiger partial charge is 0.329 e. The Morgan fingerprint density at radius 2 is 2.07 bits per heavy atom. The largest absolute Gasteiger partial charge is 0.466 e. The number of aromatic amines is 1. The van der Waals surface area contributed by atoms with E-state index in [1.807, 2.05) is 0 Å². The van der Waals surface area contributed by atoms with Crippen molar-refractivity contribution in [3.63, 3.8) is 0 Å². The molecule has 0 fully saturated rings. The van der Waals surface area contributed by atoms with Crippen LogP contribution in [0.4, 0.5) is 5.13 Å². The van der Waals surface area contributed by atoms with Gasteiger partial charge in [-0.15, -0.1) is 11.3 Å². The molecule has 0 radical (unpaired) electrons. The van der Waals surface area contributed by atoms with Gasteiger partial charge in [0.25, 0.3) is 5.56 Å². The summed E-state index contributed by atoms with van der Waals surface area (Å²) < 4.78 is 5.66. The van der Waals surface area contributed by atoms with Gasteiger partial charge in [-0.1, -0.05) is 12.1 Å². The summed E-state index contributed by atoms with van der Waals surface area (Å²) in [5.41, 5.74) is -0.343. The van der Waals surface area contributed by atoms with Crippen molar-refractivity contribution in [3.8, 4) is 0 Å². The molecule has 0 aliphatic rings. The molecule has 3 rings (SSSR count). The Balaban J connectivity index is 1.73. The molecule has 2 N–H and O–H groups in total. The van der Waals surface area contributed by atoms with Crippen molar-refractivity contribution in [2.45, 2.75) is 19.9 Å². The number of esters is 1. The van der Waals surface area contributed by atoms with Crippen molar-refractivity contribution in [3.05, 3.63) is 56.2 Å². The molecule has 0 bridgehead atoms. The highest BCUT2D eigenvalue weighted by molar-refractivity contribution is 7.13. The SMILES string of the molecule is CCOC(=O)Cc1csc(NC(=O)Cn2c(=O)[nH]c3ccccc3c2=O)n1. The maximum atomic E-state index is 12.4. The first kappa shape index (κ1) is 18.5. The fourth-order valence-corrected chi connectivity index (χ4v) is 3.18. The number of benzene rings is 1. The molecule has 27 heavy (non-hydrogen) atoms. The zero-order valence-corrected chi connectivity index (χ0v) is 15.2. The summed E-state index contributed by atoms with van der Waals surface area (Å²) in [5, 5.41) is 4.73. The minimum Gasteiger partial charge on any atom is -0.466 e. The van der Waals surface area contributed by atoms with E-state index in [2.05, 4.69) is 15.3 Å². The van der Waals surface area contributed by atoms with Gasteiger partial charge < -0.3 is 15.0 Å². The molecule has 1 amide bonds. The molecule has 0 saturated carbocycles. The standard InChI is InChI=1S/C17H16N4O5S/c1-2-26-14(23)7-10-9-27-16(18-10)20-13(22)8-21-15(24)11-5-3-4-6-12(11)19-17(21)25/h3-6,9H,2,7-8H2,1H3,(H,19,25)(H,18,20,22). The third kappa shape index (κ3) is 4.29. The van der Waals surface area contributed by atoms with Crippen LogP contribution in [0.25, 0.3) is 10.9 Å². The Labute approximate surface area is 156 Å². The highest BCUT2D eigenvalue weighted by Gasteiger charge is 2.14. The average molecular weight is 388 g/mol. The van der Waals surface area contributed by atoms with Crippen molar-refractivity contribution in [1.82, 2.24) is 14.5 Å². The van der Waals surface area contributed by atoms with Crippen molar-refractivity contribution >= 4 is 39.2 Å². The topological polar surface area (TPSA) is 123 Å². The van der Waals surface area contributed by atoms with Gasteiger partial charge in [-0.2, -0.15) is 0 Å². The van der Waals surface area contributed by atoms with Crippen molar-refractivity contribution in [2.75, 3.05) is 11.9 Å². The maximum absolute atomic E-state index is 12.4. The van der Waals surface area contributed by atoms with Crippen LogP contribution in [0.2, 0.25) is 0 Å². The number of nitrogens with zero attached hydrogens (tertiary/aromatic N) is 2. The second kappa shape index (κ2) is 7.96. The fraction of sp³-hybridized carbons (Fsp3) is 0.235. The van der Waals surface area contributed by atoms with Gasteiger partial charge in [-0.3, -0.25) is 19.0 Å². The Kier molecular flexibility index (Phi) is 5.46. The van der Waals surface area contributed by atoms with Gasteiger partial charge in [0.1, 0.15) is 6.54 Å². The number of rotatable bonds is 6. The van der Waals surface area contributed by atoms with E-state index in [-0.39, 0.29) is 18.2 Å². The number of carbonyl (C=O) groups excluding carboxylic acids is 2. The fourth-order valence-electron chi connectivity index (χ4n) is 2.45. The van der Waals surface area contributed by atoms with E-state index in [9.17, 15) is 19.2 Å². The molecule has 140 valence electrons. The number of H-pyrrole nitrogens is 1. The summed E-state index contributed by atoms with van der Waals surface area (Å²) >= 11 is 1.14. The molecule has 2 aromatic heterocycles. The normalized spacial score (nSPS) is 10.7. The Morgan fingerprint density at radius 3 is 2.85 bits per heavy atom. The molecule has 3 aromatic rings. The number of nitrogens with one attached hydrogen (secondary N) is 2. The van der Waals surface area contributed by atoms with Gasteiger partial charge in [0.2, 0.25) is 5.91 Å². The van der Waals surface area contributed by atoms with E-state index < -0.39 is 29.7 Å². The number of fused-ring (bicyclic) bond motifs is 1. The lowest BCUT2D eigenvalue weighted by molar-refractivity contribution is -0.142. The Morgan fingerprint density at radius 1 is 1.30 bits per heavy atom. The second-order valence-electron chi connectivity index (χ2n) is 5.54. The molecule has 10 heteroatoms. The molecule has 1 aromatic carbocycles. The molecule has 0 aliphatic heterocycles. The van der Waals surface area contributed by atoms with Crippen LogP contribution in [0.5, 0.6) is 0 Å². The third-order valence-corrected chi connectivity index (χ3v) is 4.43. The molecule has 9 nitrogen and oxygen atoms in total. The first-order chi connectivity index (χ1) is 13.0. The Hall–Kier alpha value is -3.27. The number of carbonyl (C=O) groups is 2. The first-order valence-electron chi connectivity index (χ1n) is 8.09. The van der Waals surface area contributed by atoms with Crippen LogP contribution in [0.1, 0.15) is 12.6 Å². The number of thiazole rings is 1. The molecule has 0 aliphatic carbocycles. The lowest BCUT2D eigenvalue weighted by atomic mass is 10.2. The van der Waals surface area contributed by atoms with Gasteiger partial charge >= 0.3 is 11.7 Å². The summed E-state index contributed by atoms with van der Waals surface area (Å²) in [6.45, 7) is 1.54. The summed E-state index contributed by atoms with van der Waals surface area (Å²) in [6, 6.07) is 6.56. The molecular weight excluding hydrogens is 372 g/mol. The third-order valence-electron chi connectivity index (χ3n) is 3.62. The van der Waals surface area contributed by atoms with Gasteiger partial charge in [0, 0.05) is 5.38 Å². The number of anilines is 1. The summed E-state index contributed by atoms with van der Waals surface area (Å²) in [5.74, 6) is -0.982. The van der Waals surface area contributed by atoms with Crippen LogP contribution in [0.15, 0.2) is 39.2 Å².